The van der Waals surface area contributed by atoms with Gasteiger partial charge in [-0.1, -0.05) is 22.5 Å². The average Bonchev–Trinajstić information content (AvgIpc) is 3.26. The number of halogens is 1. The molecule has 0 aliphatic carbocycles. The van der Waals surface area contributed by atoms with Gasteiger partial charge in [-0.2, -0.15) is 0 Å². The van der Waals surface area contributed by atoms with Crippen molar-refractivity contribution in [3.63, 3.8) is 0 Å². The molecule has 2 amide bonds. The topological polar surface area (TPSA) is 88.0 Å². The highest BCUT2D eigenvalue weighted by Gasteiger charge is 2.31. The highest BCUT2D eigenvalue weighted by atomic mass is 79.9. The van der Waals surface area contributed by atoms with Gasteiger partial charge in [-0.05, 0) is 36.4 Å². The molecule has 2 aliphatic rings. The lowest BCUT2D eigenvalue weighted by Gasteiger charge is -2.38. The van der Waals surface area contributed by atoms with Crippen molar-refractivity contribution in [1.29, 1.82) is 0 Å². The van der Waals surface area contributed by atoms with Gasteiger partial charge in [0.05, 0.1) is 25.4 Å². The summed E-state index contributed by atoms with van der Waals surface area (Å²) in [7, 11) is 1.61. The number of carbonyl (C=O) groups is 3. The van der Waals surface area contributed by atoms with Crippen LogP contribution in [0.15, 0.2) is 59.9 Å². The van der Waals surface area contributed by atoms with Gasteiger partial charge >= 0.3 is 0 Å². The molecule has 2 saturated heterocycles. The summed E-state index contributed by atoms with van der Waals surface area (Å²) in [6.07, 6.45) is 5.21. The van der Waals surface area contributed by atoms with Crippen LogP contribution in [0.4, 0.5) is 5.82 Å². The Labute approximate surface area is 229 Å². The van der Waals surface area contributed by atoms with Gasteiger partial charge in [0, 0.05) is 73.2 Å². The molecule has 0 bridgehead atoms. The van der Waals surface area contributed by atoms with Crippen molar-refractivity contribution >= 4 is 50.2 Å². The van der Waals surface area contributed by atoms with Crippen LogP contribution >= 0.6 is 15.9 Å². The molecule has 3 aromatic rings. The van der Waals surface area contributed by atoms with Crippen molar-refractivity contribution in [3.05, 3.63) is 65.4 Å². The molecule has 4 heterocycles. The summed E-state index contributed by atoms with van der Waals surface area (Å²) >= 11 is 3.53. The van der Waals surface area contributed by atoms with Crippen LogP contribution in [0.5, 0.6) is 5.75 Å². The Balaban J connectivity index is 1.26. The highest BCUT2D eigenvalue weighted by Crippen LogP contribution is 2.28. The lowest BCUT2D eigenvalue weighted by Crippen LogP contribution is -2.50. The Morgan fingerprint density at radius 1 is 1.11 bits per heavy atom. The lowest BCUT2D eigenvalue weighted by atomic mass is 9.94. The van der Waals surface area contributed by atoms with Gasteiger partial charge in [-0.15, -0.1) is 0 Å². The zero-order chi connectivity index (χ0) is 26.8. The molecule has 0 spiro atoms. The monoisotopic (exact) mass is 579 g/mol. The molecule has 0 unspecified atom stereocenters. The molecule has 2 fully saturated rings. The number of benzene rings is 1. The number of amides is 2. The third-order valence-corrected chi connectivity index (χ3v) is 7.72. The second kappa shape index (κ2) is 11.0. The van der Waals surface area contributed by atoms with Gasteiger partial charge in [0.1, 0.15) is 11.6 Å². The van der Waals surface area contributed by atoms with Crippen LogP contribution in [0, 0.1) is 5.92 Å². The number of hydrogen-bond acceptors (Lipinski definition) is 6. The van der Waals surface area contributed by atoms with Crippen molar-refractivity contribution in [2.75, 3.05) is 51.3 Å². The van der Waals surface area contributed by atoms with Crippen LogP contribution < -0.4 is 9.64 Å². The Bertz CT molecular complexity index is 1370. The lowest BCUT2D eigenvalue weighted by molar-refractivity contribution is -0.134. The van der Waals surface area contributed by atoms with Gasteiger partial charge in [0.2, 0.25) is 5.91 Å². The fourth-order valence-electron chi connectivity index (χ4n) is 5.14. The minimum absolute atomic E-state index is 0.0424. The molecular weight excluding hydrogens is 550 g/mol. The van der Waals surface area contributed by atoms with Crippen LogP contribution in [-0.2, 0) is 16.1 Å². The predicted molar refractivity (Wildman–Crippen MR) is 148 cm³/mol. The number of anilines is 1. The summed E-state index contributed by atoms with van der Waals surface area (Å²) in [6.45, 7) is 7.37. The second-order valence-electron chi connectivity index (χ2n) is 9.72. The largest absolute Gasteiger partial charge is 0.495 e. The second-order valence-corrected chi connectivity index (χ2v) is 10.6. The summed E-state index contributed by atoms with van der Waals surface area (Å²) in [5.74, 6) is 1.68. The first-order chi connectivity index (χ1) is 18.4. The number of hydrogen-bond donors (Lipinski definition) is 0. The fraction of sp³-hybridized carbons (Fsp3) is 0.357. The first-order valence-electron chi connectivity index (χ1n) is 12.6. The van der Waals surface area contributed by atoms with Crippen molar-refractivity contribution in [2.45, 2.75) is 13.0 Å². The molecule has 5 rings (SSSR count). The minimum Gasteiger partial charge on any atom is -0.495 e. The van der Waals surface area contributed by atoms with Gasteiger partial charge in [0.25, 0.3) is 5.91 Å². The van der Waals surface area contributed by atoms with Gasteiger partial charge < -0.3 is 24.0 Å². The first kappa shape index (κ1) is 26.0. The number of nitrogens with zero attached hydrogens (tertiary/aromatic N) is 5. The molecule has 0 saturated carbocycles. The van der Waals surface area contributed by atoms with E-state index in [0.717, 1.165) is 21.2 Å². The summed E-state index contributed by atoms with van der Waals surface area (Å²) in [5, 5.41) is 0.822. The van der Waals surface area contributed by atoms with Crippen molar-refractivity contribution in [2.24, 2.45) is 5.92 Å². The van der Waals surface area contributed by atoms with Crippen molar-refractivity contribution in [1.82, 2.24) is 19.4 Å². The molecule has 198 valence electrons. The number of fused-ring (bicyclic) bond motifs is 1. The normalized spacial score (nSPS) is 15.9. The van der Waals surface area contributed by atoms with Crippen LogP contribution in [-0.4, -0.2) is 83.3 Å². The van der Waals surface area contributed by atoms with Crippen molar-refractivity contribution in [3.8, 4) is 5.75 Å². The number of piperazine rings is 1. The number of aromatic nitrogens is 2. The molecule has 38 heavy (non-hydrogen) atoms. The first-order valence-corrected chi connectivity index (χ1v) is 13.4. The molecule has 0 radical (unpaired) electrons. The molecule has 0 atom stereocenters. The Hall–Kier alpha value is -3.66. The van der Waals surface area contributed by atoms with E-state index in [0.29, 0.717) is 57.0 Å². The zero-order valence-corrected chi connectivity index (χ0v) is 22.9. The van der Waals surface area contributed by atoms with E-state index >= 15 is 0 Å². The SMILES string of the molecule is C=CC(=O)N1CC(CC(=O)Cn2cc(C(=O)N3CCN(c4ccc(OC)cn4)CC3)c3cc(Br)ccc32)C1. The molecule has 1 aromatic carbocycles. The number of rotatable bonds is 8. The fourth-order valence-corrected chi connectivity index (χ4v) is 5.51. The van der Waals surface area contributed by atoms with Crippen LogP contribution in [0.1, 0.15) is 16.8 Å². The van der Waals surface area contributed by atoms with Gasteiger partial charge in [-0.3, -0.25) is 14.4 Å². The van der Waals surface area contributed by atoms with E-state index in [1.807, 2.05) is 46.0 Å². The smallest absolute Gasteiger partial charge is 0.256 e. The van der Waals surface area contributed by atoms with Gasteiger partial charge in [-0.25, -0.2) is 4.98 Å². The number of likely N-dealkylation sites (tertiary alicyclic amines) is 1. The summed E-state index contributed by atoms with van der Waals surface area (Å²) in [6, 6.07) is 9.60. The number of pyridine rings is 1. The zero-order valence-electron chi connectivity index (χ0n) is 21.3. The predicted octanol–water partition coefficient (Wildman–Crippen LogP) is 3.37. The average molecular weight is 580 g/mol. The number of ketones is 1. The Kier molecular flexibility index (Phi) is 7.51. The number of Topliss-reactive ketones (excluding diaryl/α,β-unsaturated/α-hetero) is 1. The van der Waals surface area contributed by atoms with Crippen molar-refractivity contribution < 1.29 is 19.1 Å². The molecule has 9 nitrogen and oxygen atoms in total. The maximum Gasteiger partial charge on any atom is 0.256 e. The van der Waals surface area contributed by atoms with E-state index in [4.69, 9.17) is 4.74 Å². The number of ether oxygens (including phenoxy) is 1. The van der Waals surface area contributed by atoms with Crippen LogP contribution in [0.3, 0.4) is 0 Å². The summed E-state index contributed by atoms with van der Waals surface area (Å²) in [4.78, 5) is 48.4. The van der Waals surface area contributed by atoms with E-state index in [2.05, 4.69) is 32.4 Å². The highest BCUT2D eigenvalue weighted by molar-refractivity contribution is 9.10. The number of methoxy groups -OCH3 is 1. The summed E-state index contributed by atoms with van der Waals surface area (Å²) < 4.78 is 7.94. The van der Waals surface area contributed by atoms with E-state index in [1.165, 1.54) is 6.08 Å². The molecular formula is C28H30BrN5O4. The molecule has 2 aliphatic heterocycles. The van der Waals surface area contributed by atoms with Gasteiger partial charge in [0.15, 0.2) is 5.78 Å². The quantitative estimate of drug-likeness (QED) is 0.380. The Morgan fingerprint density at radius 3 is 2.53 bits per heavy atom. The standard InChI is InChI=1S/C28H30BrN5O4/c1-3-27(36)34-15-19(16-34)12-21(35)17-33-18-24(23-13-20(29)4-6-25(23)33)28(37)32-10-8-31(9-11-32)26-7-5-22(38-2)14-30-26/h3-7,13-14,18-19H,1,8-12,15-17H2,2H3. The van der Waals surface area contributed by atoms with Crippen LogP contribution in [0.25, 0.3) is 10.9 Å². The summed E-state index contributed by atoms with van der Waals surface area (Å²) in [5.41, 5.74) is 1.44. The third-order valence-electron chi connectivity index (χ3n) is 7.23. The van der Waals surface area contributed by atoms with E-state index in [9.17, 15) is 14.4 Å². The van der Waals surface area contributed by atoms with E-state index in [-0.39, 0.29) is 30.1 Å². The third kappa shape index (κ3) is 5.31. The molecule has 10 heteroatoms. The van der Waals surface area contributed by atoms with Crippen LogP contribution in [0.2, 0.25) is 0 Å². The molecule has 2 aromatic heterocycles. The Morgan fingerprint density at radius 2 is 1.87 bits per heavy atom. The maximum absolute atomic E-state index is 13.6. The number of carbonyl (C=O) groups excluding carboxylic acids is 3. The minimum atomic E-state index is -0.0973. The van der Waals surface area contributed by atoms with E-state index < -0.39 is 0 Å². The molecule has 0 N–H and O–H groups in total. The maximum atomic E-state index is 13.6. The van der Waals surface area contributed by atoms with E-state index in [1.54, 1.807) is 18.2 Å².